The predicted octanol–water partition coefficient (Wildman–Crippen LogP) is 2.65. The smallest absolute Gasteiger partial charge is 0.123 e. The maximum Gasteiger partial charge on any atom is 0.123 e. The molecule has 5 heteroatoms. The van der Waals surface area contributed by atoms with E-state index < -0.39 is 6.10 Å². The molecule has 0 bridgehead atoms. The van der Waals surface area contributed by atoms with Crippen LogP contribution in [0.3, 0.4) is 0 Å². The standard InChI is InChI=1S/C12H21ClN2O2/c1-5-15-10(9(13)7-14-15)11(16)12(8(3)4)17-6-2/h7-8,11-12,16H,5-6H2,1-4H3. The van der Waals surface area contributed by atoms with Crippen molar-refractivity contribution < 1.29 is 9.84 Å². The molecule has 0 aliphatic heterocycles. The van der Waals surface area contributed by atoms with Gasteiger partial charge in [0.25, 0.3) is 0 Å². The van der Waals surface area contributed by atoms with Crippen molar-refractivity contribution in [3.05, 3.63) is 16.9 Å². The number of ether oxygens (including phenoxy) is 1. The van der Waals surface area contributed by atoms with Gasteiger partial charge in [0.1, 0.15) is 6.10 Å². The zero-order valence-corrected chi connectivity index (χ0v) is 11.6. The quantitative estimate of drug-likeness (QED) is 0.855. The van der Waals surface area contributed by atoms with Crippen molar-refractivity contribution in [2.24, 2.45) is 5.92 Å². The Hall–Kier alpha value is -0.580. The van der Waals surface area contributed by atoms with Crippen LogP contribution in [0.15, 0.2) is 6.20 Å². The Balaban J connectivity index is 2.99. The first-order valence-electron chi connectivity index (χ1n) is 6.03. The van der Waals surface area contributed by atoms with Gasteiger partial charge in [0, 0.05) is 13.2 Å². The molecular formula is C12H21ClN2O2. The monoisotopic (exact) mass is 260 g/mol. The van der Waals surface area contributed by atoms with E-state index in [0.717, 1.165) is 0 Å². The Morgan fingerprint density at radius 2 is 2.12 bits per heavy atom. The lowest BCUT2D eigenvalue weighted by molar-refractivity contribution is -0.0616. The molecule has 2 unspecified atom stereocenters. The summed E-state index contributed by atoms with van der Waals surface area (Å²) in [6, 6.07) is 0. The third-order valence-corrected chi connectivity index (χ3v) is 3.03. The molecule has 0 fully saturated rings. The molecule has 1 heterocycles. The normalized spacial score (nSPS) is 15.2. The molecule has 17 heavy (non-hydrogen) atoms. The summed E-state index contributed by atoms with van der Waals surface area (Å²) >= 11 is 6.07. The number of hydrogen-bond donors (Lipinski definition) is 1. The largest absolute Gasteiger partial charge is 0.384 e. The Morgan fingerprint density at radius 1 is 1.47 bits per heavy atom. The molecular weight excluding hydrogens is 240 g/mol. The van der Waals surface area contributed by atoms with Crippen molar-refractivity contribution in [2.45, 2.75) is 46.4 Å². The van der Waals surface area contributed by atoms with E-state index in [1.54, 1.807) is 10.9 Å². The van der Waals surface area contributed by atoms with Gasteiger partial charge in [-0.25, -0.2) is 0 Å². The van der Waals surface area contributed by atoms with Crippen LogP contribution in [-0.2, 0) is 11.3 Å². The summed E-state index contributed by atoms with van der Waals surface area (Å²) < 4.78 is 7.30. The van der Waals surface area contributed by atoms with Gasteiger partial charge in [0.2, 0.25) is 0 Å². The molecule has 1 N–H and O–H groups in total. The van der Waals surface area contributed by atoms with Crippen molar-refractivity contribution >= 4 is 11.6 Å². The molecule has 0 radical (unpaired) electrons. The number of nitrogens with zero attached hydrogens (tertiary/aromatic N) is 2. The van der Waals surface area contributed by atoms with Gasteiger partial charge in [0.05, 0.1) is 23.0 Å². The fourth-order valence-electron chi connectivity index (χ4n) is 1.91. The average Bonchev–Trinajstić information content (AvgIpc) is 2.66. The molecule has 0 aliphatic rings. The van der Waals surface area contributed by atoms with Gasteiger partial charge >= 0.3 is 0 Å². The molecule has 98 valence electrons. The molecule has 2 atom stereocenters. The summed E-state index contributed by atoms with van der Waals surface area (Å²) in [5, 5.41) is 15.0. The maximum absolute atomic E-state index is 10.4. The van der Waals surface area contributed by atoms with Crippen LogP contribution in [0.2, 0.25) is 5.02 Å². The van der Waals surface area contributed by atoms with Crippen molar-refractivity contribution in [1.29, 1.82) is 0 Å². The molecule has 1 aromatic rings. The highest BCUT2D eigenvalue weighted by molar-refractivity contribution is 6.31. The van der Waals surface area contributed by atoms with E-state index in [9.17, 15) is 5.11 Å². The summed E-state index contributed by atoms with van der Waals surface area (Å²) in [7, 11) is 0. The first kappa shape index (κ1) is 14.5. The molecule has 1 aromatic heterocycles. The van der Waals surface area contributed by atoms with Crippen LogP contribution < -0.4 is 0 Å². The van der Waals surface area contributed by atoms with E-state index in [1.807, 2.05) is 27.7 Å². The summed E-state index contributed by atoms with van der Waals surface area (Å²) in [6.07, 6.45) is 0.553. The minimum atomic E-state index is -0.745. The minimum absolute atomic E-state index is 0.209. The van der Waals surface area contributed by atoms with Crippen LogP contribution in [0, 0.1) is 5.92 Å². The summed E-state index contributed by atoms with van der Waals surface area (Å²) in [4.78, 5) is 0. The predicted molar refractivity (Wildman–Crippen MR) is 68.1 cm³/mol. The topological polar surface area (TPSA) is 47.3 Å². The molecule has 0 spiro atoms. The van der Waals surface area contributed by atoms with Gasteiger partial charge in [-0.15, -0.1) is 0 Å². The minimum Gasteiger partial charge on any atom is -0.384 e. The zero-order chi connectivity index (χ0) is 13.0. The van der Waals surface area contributed by atoms with Gasteiger partial charge in [-0.2, -0.15) is 5.10 Å². The number of aliphatic hydroxyl groups excluding tert-OH is 1. The highest BCUT2D eigenvalue weighted by Crippen LogP contribution is 2.29. The van der Waals surface area contributed by atoms with E-state index in [-0.39, 0.29) is 12.0 Å². The molecule has 0 saturated heterocycles. The van der Waals surface area contributed by atoms with E-state index in [4.69, 9.17) is 16.3 Å². The van der Waals surface area contributed by atoms with Crippen molar-refractivity contribution in [2.75, 3.05) is 6.61 Å². The van der Waals surface area contributed by atoms with Crippen LogP contribution in [0.4, 0.5) is 0 Å². The average molecular weight is 261 g/mol. The highest BCUT2D eigenvalue weighted by Gasteiger charge is 2.29. The fourth-order valence-corrected chi connectivity index (χ4v) is 2.17. The molecule has 0 amide bonds. The third-order valence-electron chi connectivity index (χ3n) is 2.74. The van der Waals surface area contributed by atoms with Crippen LogP contribution in [-0.4, -0.2) is 27.6 Å². The van der Waals surface area contributed by atoms with Crippen molar-refractivity contribution in [1.82, 2.24) is 9.78 Å². The number of aliphatic hydroxyl groups is 1. The van der Waals surface area contributed by atoms with Crippen molar-refractivity contribution in [3.63, 3.8) is 0 Å². The number of halogens is 1. The Morgan fingerprint density at radius 3 is 2.59 bits per heavy atom. The second-order valence-electron chi connectivity index (χ2n) is 4.30. The van der Waals surface area contributed by atoms with Gasteiger partial charge in [-0.3, -0.25) is 4.68 Å². The zero-order valence-electron chi connectivity index (χ0n) is 10.9. The third kappa shape index (κ3) is 3.21. The van der Waals surface area contributed by atoms with Crippen LogP contribution >= 0.6 is 11.6 Å². The summed E-state index contributed by atoms with van der Waals surface area (Å²) in [5.41, 5.74) is 0.640. The molecule has 1 rings (SSSR count). The number of rotatable bonds is 6. The van der Waals surface area contributed by atoms with Gasteiger partial charge in [-0.1, -0.05) is 25.4 Å². The number of aryl methyl sites for hydroxylation is 1. The SMILES string of the molecule is CCOC(C(C)C)C(O)c1c(Cl)cnn1CC. The van der Waals surface area contributed by atoms with Gasteiger partial charge in [0.15, 0.2) is 0 Å². The van der Waals surface area contributed by atoms with Crippen LogP contribution in [0.5, 0.6) is 0 Å². The van der Waals surface area contributed by atoms with Crippen molar-refractivity contribution in [3.8, 4) is 0 Å². The summed E-state index contributed by atoms with van der Waals surface area (Å²) in [5.74, 6) is 0.209. The highest BCUT2D eigenvalue weighted by atomic mass is 35.5. The molecule has 0 aliphatic carbocycles. The lowest BCUT2D eigenvalue weighted by Crippen LogP contribution is -2.29. The van der Waals surface area contributed by atoms with Crippen LogP contribution in [0.1, 0.15) is 39.5 Å². The van der Waals surface area contributed by atoms with Crippen LogP contribution in [0.25, 0.3) is 0 Å². The van der Waals surface area contributed by atoms with E-state index >= 15 is 0 Å². The second-order valence-corrected chi connectivity index (χ2v) is 4.71. The van der Waals surface area contributed by atoms with E-state index in [0.29, 0.717) is 23.9 Å². The fraction of sp³-hybridized carbons (Fsp3) is 0.750. The molecule has 0 aromatic carbocycles. The summed E-state index contributed by atoms with van der Waals surface area (Å²) in [6.45, 7) is 9.16. The van der Waals surface area contributed by atoms with Gasteiger partial charge < -0.3 is 9.84 Å². The Labute approximate surface area is 108 Å². The first-order chi connectivity index (χ1) is 8.02. The number of hydrogen-bond acceptors (Lipinski definition) is 3. The van der Waals surface area contributed by atoms with E-state index in [1.165, 1.54) is 0 Å². The van der Waals surface area contributed by atoms with Gasteiger partial charge in [-0.05, 0) is 19.8 Å². The Bertz CT molecular complexity index is 352. The molecule has 4 nitrogen and oxygen atoms in total. The maximum atomic E-state index is 10.4. The lowest BCUT2D eigenvalue weighted by Gasteiger charge is -2.26. The number of aromatic nitrogens is 2. The molecule has 0 saturated carbocycles. The lowest BCUT2D eigenvalue weighted by atomic mass is 9.99. The Kier molecular flexibility index (Phi) is 5.43. The second kappa shape index (κ2) is 6.38. The first-order valence-corrected chi connectivity index (χ1v) is 6.41. The van der Waals surface area contributed by atoms with E-state index in [2.05, 4.69) is 5.10 Å².